The van der Waals surface area contributed by atoms with Gasteiger partial charge in [-0.25, -0.2) is 9.78 Å². The number of rotatable bonds is 3. The number of aromatic amines is 1. The molecule has 5 heteroatoms. The van der Waals surface area contributed by atoms with E-state index < -0.39 is 5.97 Å². The van der Waals surface area contributed by atoms with Gasteiger partial charge in [0.2, 0.25) is 0 Å². The van der Waals surface area contributed by atoms with Crippen LogP contribution in [0.3, 0.4) is 0 Å². The number of aromatic carboxylic acids is 1. The fourth-order valence-electron chi connectivity index (χ4n) is 1.53. The summed E-state index contributed by atoms with van der Waals surface area (Å²) in [5.74, 6) is -0.669. The topological polar surface area (TPSA) is 66.0 Å². The van der Waals surface area contributed by atoms with E-state index in [1.54, 1.807) is 0 Å². The van der Waals surface area contributed by atoms with Gasteiger partial charge in [-0.2, -0.15) is 0 Å². The Morgan fingerprint density at radius 2 is 2.06 bits per heavy atom. The summed E-state index contributed by atoms with van der Waals surface area (Å²) in [4.78, 5) is 17.5. The summed E-state index contributed by atoms with van der Waals surface area (Å²) in [5, 5.41) is 8.89. The van der Waals surface area contributed by atoms with Crippen molar-refractivity contribution in [3.63, 3.8) is 0 Å². The van der Waals surface area contributed by atoms with Crippen LogP contribution in [0, 0.1) is 0 Å². The molecule has 2 N–H and O–H groups in total. The molecule has 1 aromatic carbocycles. The van der Waals surface area contributed by atoms with E-state index in [1.807, 2.05) is 24.3 Å². The smallest absolute Gasteiger partial charge is 0.357 e. The predicted molar refractivity (Wildman–Crippen MR) is 65.4 cm³/mol. The molecule has 0 saturated heterocycles. The molecule has 0 aliphatic carbocycles. The number of carboxylic acid groups (broad SMARTS) is 1. The van der Waals surface area contributed by atoms with Gasteiger partial charge < -0.3 is 10.1 Å². The first-order valence-electron chi connectivity index (χ1n) is 5.20. The number of hydrogen-bond acceptors (Lipinski definition) is 2. The molecule has 0 unspecified atom stereocenters. The molecule has 4 nitrogen and oxygen atoms in total. The Morgan fingerprint density at radius 1 is 1.41 bits per heavy atom. The number of aromatic nitrogens is 2. The lowest BCUT2D eigenvalue weighted by Crippen LogP contribution is -1.96. The number of halogens is 1. The number of carboxylic acids is 1. The van der Waals surface area contributed by atoms with Crippen molar-refractivity contribution in [1.82, 2.24) is 9.97 Å². The van der Waals surface area contributed by atoms with E-state index in [2.05, 4.69) is 16.9 Å². The fourth-order valence-corrected chi connectivity index (χ4v) is 1.74. The minimum Gasteiger partial charge on any atom is -0.476 e. The van der Waals surface area contributed by atoms with Crippen LogP contribution in [0.1, 0.15) is 23.0 Å². The molecule has 0 aliphatic rings. The zero-order chi connectivity index (χ0) is 12.4. The predicted octanol–water partition coefficient (Wildman–Crippen LogP) is 2.99. The first kappa shape index (κ1) is 11.7. The molecule has 0 amide bonds. The van der Waals surface area contributed by atoms with Crippen LogP contribution >= 0.6 is 11.6 Å². The van der Waals surface area contributed by atoms with Gasteiger partial charge in [0.05, 0.1) is 0 Å². The highest BCUT2D eigenvalue weighted by molar-refractivity contribution is 6.32. The van der Waals surface area contributed by atoms with E-state index in [0.29, 0.717) is 5.82 Å². The summed E-state index contributed by atoms with van der Waals surface area (Å²) < 4.78 is 0. The van der Waals surface area contributed by atoms with Crippen LogP contribution in [0.5, 0.6) is 0 Å². The summed E-state index contributed by atoms with van der Waals surface area (Å²) in [5.41, 5.74) is 1.88. The second kappa shape index (κ2) is 4.59. The van der Waals surface area contributed by atoms with Crippen LogP contribution in [-0.2, 0) is 6.42 Å². The number of aryl methyl sites for hydroxylation is 1. The van der Waals surface area contributed by atoms with Gasteiger partial charge in [0.1, 0.15) is 11.0 Å². The maximum atomic E-state index is 10.8. The third-order valence-corrected chi connectivity index (χ3v) is 2.77. The highest BCUT2D eigenvalue weighted by Crippen LogP contribution is 2.21. The van der Waals surface area contributed by atoms with Crippen molar-refractivity contribution in [3.8, 4) is 11.4 Å². The van der Waals surface area contributed by atoms with Crippen molar-refractivity contribution < 1.29 is 9.90 Å². The maximum absolute atomic E-state index is 10.8. The second-order valence-electron chi connectivity index (χ2n) is 3.60. The Labute approximate surface area is 103 Å². The Kier molecular flexibility index (Phi) is 3.15. The van der Waals surface area contributed by atoms with Gasteiger partial charge in [0.25, 0.3) is 0 Å². The zero-order valence-electron chi connectivity index (χ0n) is 9.20. The molecular weight excluding hydrogens is 240 g/mol. The highest BCUT2D eigenvalue weighted by atomic mass is 35.5. The van der Waals surface area contributed by atoms with Gasteiger partial charge in [0, 0.05) is 5.56 Å². The van der Waals surface area contributed by atoms with E-state index in [0.717, 1.165) is 12.0 Å². The Morgan fingerprint density at radius 3 is 2.53 bits per heavy atom. The van der Waals surface area contributed by atoms with Gasteiger partial charge in [-0.05, 0) is 12.0 Å². The molecule has 0 saturated carbocycles. The molecule has 17 heavy (non-hydrogen) atoms. The zero-order valence-corrected chi connectivity index (χ0v) is 9.95. The summed E-state index contributed by atoms with van der Waals surface area (Å²) in [7, 11) is 0. The van der Waals surface area contributed by atoms with Crippen LogP contribution in [0.4, 0.5) is 0 Å². The monoisotopic (exact) mass is 250 g/mol. The maximum Gasteiger partial charge on any atom is 0.357 e. The first-order chi connectivity index (χ1) is 8.11. The van der Waals surface area contributed by atoms with E-state index in [4.69, 9.17) is 16.7 Å². The van der Waals surface area contributed by atoms with Crippen molar-refractivity contribution in [2.24, 2.45) is 0 Å². The lowest BCUT2D eigenvalue weighted by atomic mass is 10.1. The number of H-pyrrole nitrogens is 1. The summed E-state index contributed by atoms with van der Waals surface area (Å²) in [6.07, 6.45) is 0.958. The minimum atomic E-state index is -1.14. The molecular formula is C12H11ClN2O2. The van der Waals surface area contributed by atoms with Crippen LogP contribution in [-0.4, -0.2) is 21.0 Å². The molecule has 2 aromatic rings. The number of carbonyl (C=O) groups is 1. The molecule has 0 radical (unpaired) electrons. The largest absolute Gasteiger partial charge is 0.476 e. The van der Waals surface area contributed by atoms with Crippen molar-refractivity contribution in [2.75, 3.05) is 0 Å². The van der Waals surface area contributed by atoms with Gasteiger partial charge in [-0.3, -0.25) is 0 Å². The molecule has 0 spiro atoms. The van der Waals surface area contributed by atoms with E-state index in [-0.39, 0.29) is 10.8 Å². The van der Waals surface area contributed by atoms with Crippen LogP contribution in [0.25, 0.3) is 11.4 Å². The van der Waals surface area contributed by atoms with Crippen molar-refractivity contribution in [2.45, 2.75) is 13.3 Å². The third-order valence-electron chi connectivity index (χ3n) is 2.50. The average Bonchev–Trinajstić information content (AvgIpc) is 2.71. The van der Waals surface area contributed by atoms with E-state index in [9.17, 15) is 4.79 Å². The van der Waals surface area contributed by atoms with Gasteiger partial charge >= 0.3 is 5.97 Å². The van der Waals surface area contributed by atoms with Crippen molar-refractivity contribution in [3.05, 3.63) is 40.7 Å². The molecule has 0 fully saturated rings. The van der Waals surface area contributed by atoms with Crippen molar-refractivity contribution in [1.29, 1.82) is 0 Å². The number of nitrogens with zero attached hydrogens (tertiary/aromatic N) is 1. The molecule has 0 aliphatic heterocycles. The summed E-state index contributed by atoms with van der Waals surface area (Å²) >= 11 is 5.75. The van der Waals surface area contributed by atoms with E-state index in [1.165, 1.54) is 5.56 Å². The molecule has 0 bridgehead atoms. The van der Waals surface area contributed by atoms with Crippen LogP contribution in [0.15, 0.2) is 24.3 Å². The normalized spacial score (nSPS) is 10.5. The average molecular weight is 251 g/mol. The molecule has 1 aromatic heterocycles. The lowest BCUT2D eigenvalue weighted by molar-refractivity contribution is 0.0691. The minimum absolute atomic E-state index is 0.0482. The van der Waals surface area contributed by atoms with Gasteiger partial charge in [-0.15, -0.1) is 0 Å². The van der Waals surface area contributed by atoms with Crippen molar-refractivity contribution >= 4 is 17.6 Å². The second-order valence-corrected chi connectivity index (χ2v) is 3.98. The Hall–Kier alpha value is -1.81. The van der Waals surface area contributed by atoms with Crippen LogP contribution < -0.4 is 0 Å². The van der Waals surface area contributed by atoms with E-state index >= 15 is 0 Å². The highest BCUT2D eigenvalue weighted by Gasteiger charge is 2.15. The van der Waals surface area contributed by atoms with Gasteiger partial charge in [0.15, 0.2) is 5.69 Å². The Balaban J connectivity index is 2.39. The molecule has 2 rings (SSSR count). The third kappa shape index (κ3) is 2.31. The molecule has 0 atom stereocenters. The molecule has 1 heterocycles. The standard InChI is InChI=1S/C12H11ClN2O2/c1-2-7-3-5-8(6-4-7)11-14-9(12(16)17)10(13)15-11/h3-6H,2H2,1H3,(H,14,15)(H,16,17). The van der Waals surface area contributed by atoms with Crippen LogP contribution in [0.2, 0.25) is 5.15 Å². The SMILES string of the molecule is CCc1ccc(-c2nc(C(=O)O)c(Cl)[nH]2)cc1. The molecule has 88 valence electrons. The lowest BCUT2D eigenvalue weighted by Gasteiger charge is -1.98. The summed E-state index contributed by atoms with van der Waals surface area (Å²) in [6.45, 7) is 2.07. The number of benzene rings is 1. The van der Waals surface area contributed by atoms with Gasteiger partial charge in [-0.1, -0.05) is 42.8 Å². The first-order valence-corrected chi connectivity index (χ1v) is 5.57. The number of hydrogen-bond donors (Lipinski definition) is 2. The summed E-state index contributed by atoms with van der Waals surface area (Å²) in [6, 6.07) is 7.73. The Bertz CT molecular complexity index is 546. The number of nitrogens with one attached hydrogen (secondary N) is 1. The fraction of sp³-hybridized carbons (Fsp3) is 0.167. The number of imidazole rings is 1. The quantitative estimate of drug-likeness (QED) is 0.880.